The molecule has 0 spiro atoms. The number of hydrogen-bond acceptors (Lipinski definition) is 4. The maximum atomic E-state index is 12.1. The summed E-state index contributed by atoms with van der Waals surface area (Å²) in [5.74, 6) is -0.334. The summed E-state index contributed by atoms with van der Waals surface area (Å²) in [6.45, 7) is 2.87. The molecule has 6 heteroatoms. The van der Waals surface area contributed by atoms with Gasteiger partial charge in [0.1, 0.15) is 5.69 Å². The lowest BCUT2D eigenvalue weighted by Gasteiger charge is -2.07. The number of rotatable bonds is 6. The molecule has 1 aromatic heterocycles. The standard InChI is InChI=1S/C17H18N4O2/c1-2-3-10-21-16(22)9-8-15(20-21)17(23)19-12-14-6-4-13(11-18)5-7-14/h4-9H,2-3,10,12H2,1H3,(H,19,23). The molecule has 0 fully saturated rings. The van der Waals surface area contributed by atoms with Crippen LogP contribution >= 0.6 is 0 Å². The average molecular weight is 310 g/mol. The monoisotopic (exact) mass is 310 g/mol. The number of aromatic nitrogens is 2. The van der Waals surface area contributed by atoms with Gasteiger partial charge in [-0.2, -0.15) is 10.4 Å². The van der Waals surface area contributed by atoms with Gasteiger partial charge in [-0.05, 0) is 30.2 Å². The number of carbonyl (C=O) groups is 1. The highest BCUT2D eigenvalue weighted by atomic mass is 16.2. The van der Waals surface area contributed by atoms with Crippen LogP contribution in [-0.4, -0.2) is 15.7 Å². The lowest BCUT2D eigenvalue weighted by atomic mass is 10.1. The Bertz CT molecular complexity index is 772. The first kappa shape index (κ1) is 16.4. The van der Waals surface area contributed by atoms with Gasteiger partial charge in [-0.1, -0.05) is 25.5 Å². The summed E-state index contributed by atoms with van der Waals surface area (Å²) in [6.07, 6.45) is 1.78. The van der Waals surface area contributed by atoms with E-state index in [0.29, 0.717) is 18.7 Å². The van der Waals surface area contributed by atoms with E-state index < -0.39 is 0 Å². The van der Waals surface area contributed by atoms with Crippen molar-refractivity contribution in [3.8, 4) is 6.07 Å². The topological polar surface area (TPSA) is 87.8 Å². The third-order valence-corrected chi connectivity index (χ3v) is 3.36. The molecule has 2 aromatic rings. The van der Waals surface area contributed by atoms with Crippen molar-refractivity contribution >= 4 is 5.91 Å². The Morgan fingerprint density at radius 1 is 1.26 bits per heavy atom. The van der Waals surface area contributed by atoms with E-state index in [9.17, 15) is 9.59 Å². The van der Waals surface area contributed by atoms with E-state index in [0.717, 1.165) is 18.4 Å². The SMILES string of the molecule is CCCCn1nc(C(=O)NCc2ccc(C#N)cc2)ccc1=O. The number of amides is 1. The molecule has 0 saturated carbocycles. The second-order valence-corrected chi connectivity index (χ2v) is 5.12. The molecule has 1 aromatic carbocycles. The third kappa shape index (κ3) is 4.51. The summed E-state index contributed by atoms with van der Waals surface area (Å²) in [6, 6.07) is 11.8. The fraction of sp³-hybridized carbons (Fsp3) is 0.294. The number of nitrogens with one attached hydrogen (secondary N) is 1. The zero-order valence-electron chi connectivity index (χ0n) is 13.0. The van der Waals surface area contributed by atoms with E-state index in [1.807, 2.05) is 13.0 Å². The van der Waals surface area contributed by atoms with E-state index in [-0.39, 0.29) is 17.2 Å². The van der Waals surface area contributed by atoms with Gasteiger partial charge >= 0.3 is 0 Å². The lowest BCUT2D eigenvalue weighted by Crippen LogP contribution is -2.29. The fourth-order valence-corrected chi connectivity index (χ4v) is 2.01. The van der Waals surface area contributed by atoms with E-state index in [1.54, 1.807) is 24.3 Å². The maximum Gasteiger partial charge on any atom is 0.271 e. The van der Waals surface area contributed by atoms with E-state index in [4.69, 9.17) is 5.26 Å². The maximum absolute atomic E-state index is 12.1. The molecular weight excluding hydrogens is 292 g/mol. The van der Waals surface area contributed by atoms with E-state index in [2.05, 4.69) is 10.4 Å². The molecule has 0 saturated heterocycles. The van der Waals surface area contributed by atoms with Crippen LogP contribution in [0.15, 0.2) is 41.2 Å². The van der Waals surface area contributed by atoms with Crippen LogP contribution in [0.4, 0.5) is 0 Å². The van der Waals surface area contributed by atoms with Gasteiger partial charge in [0.2, 0.25) is 0 Å². The van der Waals surface area contributed by atoms with Crippen LogP contribution in [0.1, 0.15) is 41.4 Å². The van der Waals surface area contributed by atoms with Gasteiger partial charge < -0.3 is 5.32 Å². The van der Waals surface area contributed by atoms with Crippen molar-refractivity contribution in [1.29, 1.82) is 5.26 Å². The molecule has 0 unspecified atom stereocenters. The zero-order chi connectivity index (χ0) is 16.7. The van der Waals surface area contributed by atoms with Gasteiger partial charge in [0.15, 0.2) is 0 Å². The smallest absolute Gasteiger partial charge is 0.271 e. The highest BCUT2D eigenvalue weighted by Crippen LogP contribution is 2.03. The minimum Gasteiger partial charge on any atom is -0.347 e. The van der Waals surface area contributed by atoms with Crippen molar-refractivity contribution in [3.05, 3.63) is 63.6 Å². The first-order chi connectivity index (χ1) is 11.1. The highest BCUT2D eigenvalue weighted by molar-refractivity contribution is 5.91. The van der Waals surface area contributed by atoms with Crippen molar-refractivity contribution in [2.24, 2.45) is 0 Å². The summed E-state index contributed by atoms with van der Waals surface area (Å²) in [4.78, 5) is 23.8. The number of nitriles is 1. The molecule has 1 amide bonds. The van der Waals surface area contributed by atoms with Gasteiger partial charge in [0.05, 0.1) is 11.6 Å². The Hall–Kier alpha value is -2.94. The lowest BCUT2D eigenvalue weighted by molar-refractivity contribution is 0.0943. The Balaban J connectivity index is 2.02. The molecule has 0 aliphatic rings. The largest absolute Gasteiger partial charge is 0.347 e. The minimum atomic E-state index is -0.334. The molecule has 0 radical (unpaired) electrons. The second-order valence-electron chi connectivity index (χ2n) is 5.12. The Morgan fingerprint density at radius 2 is 2.00 bits per heavy atom. The second kappa shape index (κ2) is 7.90. The molecule has 2 rings (SSSR count). The van der Waals surface area contributed by atoms with Crippen molar-refractivity contribution in [2.75, 3.05) is 0 Å². The van der Waals surface area contributed by atoms with Crippen LogP contribution < -0.4 is 10.9 Å². The predicted molar refractivity (Wildman–Crippen MR) is 85.7 cm³/mol. The number of nitrogens with zero attached hydrogens (tertiary/aromatic N) is 3. The summed E-state index contributed by atoms with van der Waals surface area (Å²) in [5, 5.41) is 15.6. The molecule has 23 heavy (non-hydrogen) atoms. The van der Waals surface area contributed by atoms with Crippen LogP contribution in [0.2, 0.25) is 0 Å². The number of benzene rings is 1. The number of hydrogen-bond donors (Lipinski definition) is 1. The van der Waals surface area contributed by atoms with Crippen molar-refractivity contribution in [2.45, 2.75) is 32.9 Å². The Morgan fingerprint density at radius 3 is 2.65 bits per heavy atom. The van der Waals surface area contributed by atoms with Crippen LogP contribution in [0.25, 0.3) is 0 Å². The van der Waals surface area contributed by atoms with Crippen LogP contribution in [-0.2, 0) is 13.1 Å². The Kier molecular flexibility index (Phi) is 5.64. The van der Waals surface area contributed by atoms with Gasteiger partial charge in [0, 0.05) is 19.2 Å². The van der Waals surface area contributed by atoms with E-state index >= 15 is 0 Å². The third-order valence-electron chi connectivity index (χ3n) is 3.36. The number of carbonyl (C=O) groups excluding carboxylic acids is 1. The predicted octanol–water partition coefficient (Wildman–Crippen LogP) is 1.85. The molecule has 6 nitrogen and oxygen atoms in total. The van der Waals surface area contributed by atoms with Crippen LogP contribution in [0.3, 0.4) is 0 Å². The van der Waals surface area contributed by atoms with Crippen molar-refractivity contribution < 1.29 is 4.79 Å². The van der Waals surface area contributed by atoms with Gasteiger partial charge in [-0.3, -0.25) is 9.59 Å². The normalized spacial score (nSPS) is 10.1. The molecule has 1 N–H and O–H groups in total. The van der Waals surface area contributed by atoms with Gasteiger partial charge in [-0.15, -0.1) is 0 Å². The average Bonchev–Trinajstić information content (AvgIpc) is 2.59. The molecule has 118 valence electrons. The molecular formula is C17H18N4O2. The van der Waals surface area contributed by atoms with Crippen molar-refractivity contribution in [1.82, 2.24) is 15.1 Å². The van der Waals surface area contributed by atoms with Crippen molar-refractivity contribution in [3.63, 3.8) is 0 Å². The summed E-state index contributed by atoms with van der Waals surface area (Å²) < 4.78 is 1.32. The Labute approximate surface area is 134 Å². The minimum absolute atomic E-state index is 0.206. The molecule has 0 atom stereocenters. The molecule has 0 aliphatic heterocycles. The first-order valence-corrected chi connectivity index (χ1v) is 7.49. The summed E-state index contributed by atoms with van der Waals surface area (Å²) >= 11 is 0. The quantitative estimate of drug-likeness (QED) is 0.882. The molecule has 0 aliphatic carbocycles. The molecule has 0 bridgehead atoms. The first-order valence-electron chi connectivity index (χ1n) is 7.49. The van der Waals surface area contributed by atoms with Gasteiger partial charge in [-0.25, -0.2) is 4.68 Å². The highest BCUT2D eigenvalue weighted by Gasteiger charge is 2.09. The molecule has 1 heterocycles. The summed E-state index contributed by atoms with van der Waals surface area (Å²) in [7, 11) is 0. The van der Waals surface area contributed by atoms with Crippen LogP contribution in [0, 0.1) is 11.3 Å². The van der Waals surface area contributed by atoms with Gasteiger partial charge in [0.25, 0.3) is 11.5 Å². The van der Waals surface area contributed by atoms with E-state index in [1.165, 1.54) is 16.8 Å². The number of unbranched alkanes of at least 4 members (excludes halogenated alkanes) is 1. The van der Waals surface area contributed by atoms with Crippen LogP contribution in [0.5, 0.6) is 0 Å². The zero-order valence-corrected chi connectivity index (χ0v) is 13.0. The number of aryl methyl sites for hydroxylation is 1. The summed E-state index contributed by atoms with van der Waals surface area (Å²) in [5.41, 5.74) is 1.47. The fourth-order valence-electron chi connectivity index (χ4n) is 2.01.